The second-order valence-electron chi connectivity index (χ2n) is 4.37. The van der Waals surface area contributed by atoms with Gasteiger partial charge in [0.2, 0.25) is 4.47 Å². The highest BCUT2D eigenvalue weighted by molar-refractivity contribution is 7.15. The predicted molar refractivity (Wildman–Crippen MR) is 70.1 cm³/mol. The van der Waals surface area contributed by atoms with Gasteiger partial charge in [-0.05, 0) is 30.7 Å². The highest BCUT2D eigenvalue weighted by Gasteiger charge is 2.51. The maximum Gasteiger partial charge on any atom is 0.325 e. The van der Waals surface area contributed by atoms with Crippen LogP contribution in [0.4, 0.5) is 4.79 Å². The first-order valence-electron chi connectivity index (χ1n) is 5.66. The van der Waals surface area contributed by atoms with E-state index in [1.807, 2.05) is 0 Å². The van der Waals surface area contributed by atoms with Gasteiger partial charge in [-0.25, -0.2) is 4.79 Å². The molecule has 2 aromatic heterocycles. The lowest BCUT2D eigenvalue weighted by atomic mass is 9.99. The van der Waals surface area contributed by atoms with Crippen molar-refractivity contribution in [1.29, 1.82) is 0 Å². The van der Waals surface area contributed by atoms with Crippen molar-refractivity contribution < 1.29 is 14.0 Å². The highest BCUT2D eigenvalue weighted by atomic mass is 35.5. The number of halogens is 1. The molecule has 9 heteroatoms. The first-order valence-corrected chi connectivity index (χ1v) is 6.86. The van der Waals surface area contributed by atoms with Gasteiger partial charge in [0.15, 0.2) is 5.54 Å². The Hall–Kier alpha value is -1.93. The largest absolute Gasteiger partial charge is 0.466 e. The molecule has 3 heterocycles. The zero-order valence-electron chi connectivity index (χ0n) is 10.3. The molecule has 1 atom stereocenters. The van der Waals surface area contributed by atoms with Crippen LogP contribution in [0.25, 0.3) is 0 Å². The van der Waals surface area contributed by atoms with Crippen LogP contribution in [-0.2, 0) is 16.9 Å². The second kappa shape index (κ2) is 4.57. The first-order chi connectivity index (χ1) is 9.50. The molecule has 1 N–H and O–H groups in total. The summed E-state index contributed by atoms with van der Waals surface area (Å²) in [4.78, 5) is 25.5. The Morgan fingerprint density at radius 3 is 2.90 bits per heavy atom. The fraction of sp³-hybridized carbons (Fsp3) is 0.273. The van der Waals surface area contributed by atoms with E-state index in [9.17, 15) is 9.59 Å². The van der Waals surface area contributed by atoms with Gasteiger partial charge in [0.1, 0.15) is 10.8 Å². The summed E-state index contributed by atoms with van der Waals surface area (Å²) in [6, 6.07) is 2.80. The molecule has 1 unspecified atom stereocenters. The molecule has 3 amide bonds. The number of furan rings is 1. The van der Waals surface area contributed by atoms with Crippen LogP contribution in [0.3, 0.4) is 0 Å². The van der Waals surface area contributed by atoms with Gasteiger partial charge in [-0.15, -0.1) is 10.2 Å². The van der Waals surface area contributed by atoms with E-state index < -0.39 is 17.5 Å². The topological polar surface area (TPSA) is 88.3 Å². The van der Waals surface area contributed by atoms with E-state index in [4.69, 9.17) is 16.0 Å². The van der Waals surface area contributed by atoms with E-state index in [2.05, 4.69) is 15.5 Å². The number of urea groups is 1. The molecule has 0 aromatic carbocycles. The van der Waals surface area contributed by atoms with Gasteiger partial charge in [0, 0.05) is 0 Å². The molecule has 0 aliphatic carbocycles. The fourth-order valence-corrected chi connectivity index (χ4v) is 2.86. The number of aromatic nitrogens is 2. The van der Waals surface area contributed by atoms with Crippen molar-refractivity contribution in [2.45, 2.75) is 19.0 Å². The summed E-state index contributed by atoms with van der Waals surface area (Å²) in [6.07, 6.45) is 1.45. The maximum absolute atomic E-state index is 12.5. The van der Waals surface area contributed by atoms with Crippen molar-refractivity contribution in [3.05, 3.63) is 33.6 Å². The van der Waals surface area contributed by atoms with Gasteiger partial charge in [-0.3, -0.25) is 9.69 Å². The summed E-state index contributed by atoms with van der Waals surface area (Å²) in [7, 11) is 0. The fourth-order valence-electron chi connectivity index (χ4n) is 2.00. The average Bonchev–Trinajstić information content (AvgIpc) is 3.09. The Morgan fingerprint density at radius 1 is 1.50 bits per heavy atom. The van der Waals surface area contributed by atoms with Crippen LogP contribution in [0.1, 0.15) is 17.7 Å². The lowest BCUT2D eigenvalue weighted by molar-refractivity contribution is -0.132. The Bertz CT molecular complexity index is 671. The Balaban J connectivity index is 1.87. The molecular weight excluding hydrogens is 304 g/mol. The smallest absolute Gasteiger partial charge is 0.325 e. The minimum atomic E-state index is -1.20. The van der Waals surface area contributed by atoms with Crippen LogP contribution in [0, 0.1) is 0 Å². The average molecular weight is 313 g/mol. The van der Waals surface area contributed by atoms with Crippen LogP contribution in [-0.4, -0.2) is 27.0 Å². The van der Waals surface area contributed by atoms with Crippen LogP contribution >= 0.6 is 22.9 Å². The first kappa shape index (κ1) is 13.1. The number of imide groups is 1. The lowest BCUT2D eigenvalue weighted by Crippen LogP contribution is -2.40. The van der Waals surface area contributed by atoms with Crippen molar-refractivity contribution in [2.75, 3.05) is 0 Å². The molecule has 7 nitrogen and oxygen atoms in total. The summed E-state index contributed by atoms with van der Waals surface area (Å²) in [6.45, 7) is 1.63. The summed E-state index contributed by atoms with van der Waals surface area (Å²) < 4.78 is 5.50. The van der Waals surface area contributed by atoms with Crippen molar-refractivity contribution in [3.8, 4) is 0 Å². The van der Waals surface area contributed by atoms with Crippen molar-refractivity contribution in [3.63, 3.8) is 0 Å². The van der Waals surface area contributed by atoms with Crippen molar-refractivity contribution in [1.82, 2.24) is 20.4 Å². The Morgan fingerprint density at radius 2 is 2.30 bits per heavy atom. The van der Waals surface area contributed by atoms with Gasteiger partial charge < -0.3 is 9.73 Å². The number of hydrogen-bond acceptors (Lipinski definition) is 6. The molecule has 1 aliphatic rings. The van der Waals surface area contributed by atoms with Gasteiger partial charge in [0.25, 0.3) is 5.91 Å². The Kier molecular flexibility index (Phi) is 2.98. The SMILES string of the molecule is CC1(c2ccco2)NC(=O)N(Cc2nnc(Cl)s2)C1=O. The van der Waals surface area contributed by atoms with Crippen molar-refractivity contribution in [2.24, 2.45) is 0 Å². The third-order valence-electron chi connectivity index (χ3n) is 3.02. The number of nitrogens with zero attached hydrogens (tertiary/aromatic N) is 3. The second-order valence-corrected chi connectivity index (χ2v) is 6.02. The highest BCUT2D eigenvalue weighted by Crippen LogP contribution is 2.30. The van der Waals surface area contributed by atoms with E-state index in [1.165, 1.54) is 6.26 Å². The number of rotatable bonds is 3. The number of amides is 3. The maximum atomic E-state index is 12.5. The minimum Gasteiger partial charge on any atom is -0.466 e. The summed E-state index contributed by atoms with van der Waals surface area (Å²) in [5.41, 5.74) is -1.20. The third-order valence-corrected chi connectivity index (χ3v) is 4.03. The standard InChI is InChI=1S/C11H9ClN4O3S/c1-11(6-3-2-4-19-6)8(17)16(10(18)13-11)5-7-14-15-9(12)20-7/h2-4H,5H2,1H3,(H,13,18). The predicted octanol–water partition coefficient (Wildman–Crippen LogP) is 1.75. The third kappa shape index (κ3) is 1.97. The molecular formula is C11H9ClN4O3S. The molecule has 0 spiro atoms. The molecule has 20 heavy (non-hydrogen) atoms. The molecule has 0 saturated carbocycles. The van der Waals surface area contributed by atoms with E-state index in [-0.39, 0.29) is 11.0 Å². The van der Waals surface area contributed by atoms with E-state index in [0.717, 1.165) is 16.2 Å². The van der Waals surface area contributed by atoms with Crippen molar-refractivity contribution >= 4 is 34.9 Å². The molecule has 3 rings (SSSR count). The Labute approximate surface area is 122 Å². The zero-order valence-corrected chi connectivity index (χ0v) is 11.9. The van der Waals surface area contributed by atoms with Gasteiger partial charge in [-0.1, -0.05) is 11.3 Å². The normalized spacial score (nSPS) is 22.4. The van der Waals surface area contributed by atoms with Crippen LogP contribution in [0.5, 0.6) is 0 Å². The zero-order chi connectivity index (χ0) is 14.3. The number of hydrogen-bond donors (Lipinski definition) is 1. The molecule has 1 aliphatic heterocycles. The van der Waals surface area contributed by atoms with Crippen LogP contribution in [0.15, 0.2) is 22.8 Å². The lowest BCUT2D eigenvalue weighted by Gasteiger charge is -2.18. The quantitative estimate of drug-likeness (QED) is 0.872. The monoisotopic (exact) mass is 312 g/mol. The van der Waals surface area contributed by atoms with E-state index in [1.54, 1.807) is 19.1 Å². The van der Waals surface area contributed by atoms with Gasteiger partial charge >= 0.3 is 6.03 Å². The number of nitrogens with one attached hydrogen (secondary N) is 1. The van der Waals surface area contributed by atoms with E-state index >= 15 is 0 Å². The molecule has 1 fully saturated rings. The summed E-state index contributed by atoms with van der Waals surface area (Å²) >= 11 is 6.80. The molecule has 0 radical (unpaired) electrons. The van der Waals surface area contributed by atoms with Gasteiger partial charge in [0.05, 0.1) is 12.8 Å². The molecule has 0 bridgehead atoms. The number of carbonyl (C=O) groups is 2. The van der Waals surface area contributed by atoms with Crippen LogP contribution < -0.4 is 5.32 Å². The number of carbonyl (C=O) groups excluding carboxylic acids is 2. The molecule has 104 valence electrons. The van der Waals surface area contributed by atoms with E-state index in [0.29, 0.717) is 10.8 Å². The summed E-state index contributed by atoms with van der Waals surface area (Å²) in [5, 5.41) is 10.6. The minimum absolute atomic E-state index is 0.0331. The molecule has 1 saturated heterocycles. The molecule has 2 aromatic rings. The summed E-state index contributed by atoms with van der Waals surface area (Å²) in [5.74, 6) is -0.0163. The van der Waals surface area contributed by atoms with Gasteiger partial charge in [-0.2, -0.15) is 0 Å². The van der Waals surface area contributed by atoms with Crippen LogP contribution in [0.2, 0.25) is 4.47 Å².